The molecule has 0 saturated heterocycles. The van der Waals surface area contributed by atoms with E-state index in [4.69, 9.17) is 4.52 Å². The Morgan fingerprint density at radius 3 is 1.62 bits per heavy atom. The van der Waals surface area contributed by atoms with Crippen LogP contribution in [0.4, 0.5) is 0 Å². The number of quaternary nitrogens is 1. The summed E-state index contributed by atoms with van der Waals surface area (Å²) in [5.41, 5.74) is 0.163. The van der Waals surface area contributed by atoms with Crippen LogP contribution in [0.2, 0.25) is 0 Å². The zero-order chi connectivity index (χ0) is 18.4. The minimum absolute atomic E-state index is 0.0815. The fourth-order valence-electron chi connectivity index (χ4n) is 2.39. The minimum atomic E-state index is -1.98. The molecule has 24 heavy (non-hydrogen) atoms. The first-order chi connectivity index (χ1) is 11.3. The van der Waals surface area contributed by atoms with Gasteiger partial charge in [0.1, 0.15) is 0 Å². The molecule has 0 amide bonds. The van der Waals surface area contributed by atoms with Crippen LogP contribution in [0.3, 0.4) is 0 Å². The van der Waals surface area contributed by atoms with Crippen molar-refractivity contribution >= 4 is 19.2 Å². The Kier molecular flexibility index (Phi) is 13.7. The van der Waals surface area contributed by atoms with Crippen molar-refractivity contribution in [1.82, 2.24) is 0 Å². The zero-order valence-corrected chi connectivity index (χ0v) is 17.7. The molecule has 0 unspecified atom stereocenters. The van der Waals surface area contributed by atoms with Gasteiger partial charge in [0.05, 0.1) is 0 Å². The van der Waals surface area contributed by atoms with Crippen molar-refractivity contribution in [3.8, 4) is 0 Å². The second kappa shape index (κ2) is 13.9. The number of likely N-dealkylation sites (N-methyl/N-ethyl adjacent to an activating group) is 1. The van der Waals surface area contributed by atoms with Crippen molar-refractivity contribution in [1.29, 1.82) is 0 Å². The van der Waals surface area contributed by atoms with E-state index in [2.05, 4.69) is 35.0 Å². The monoisotopic (exact) mass is 361 g/mol. The molecule has 0 aliphatic carbocycles. The summed E-state index contributed by atoms with van der Waals surface area (Å²) in [6.07, 6.45) is 9.57. The van der Waals surface area contributed by atoms with Gasteiger partial charge in [0.25, 0.3) is 0 Å². The Labute approximate surface area is 150 Å². The Bertz CT molecular complexity index is 329. The van der Waals surface area contributed by atoms with Crippen LogP contribution in [0.15, 0.2) is 0 Å². The number of hydrogen-bond donors (Lipinski definition) is 0. The van der Waals surface area contributed by atoms with Crippen LogP contribution in [-0.4, -0.2) is 49.8 Å². The van der Waals surface area contributed by atoms with E-state index in [1.807, 2.05) is 0 Å². The number of rotatable bonds is 16. The third kappa shape index (κ3) is 13.0. The molecule has 0 aromatic rings. The van der Waals surface area contributed by atoms with E-state index in [0.29, 0.717) is 19.4 Å². The molecule has 0 bridgehead atoms. The van der Waals surface area contributed by atoms with Crippen LogP contribution in [0.1, 0.15) is 78.1 Å². The van der Waals surface area contributed by atoms with Gasteiger partial charge in [-0.2, -0.15) is 0 Å². The Morgan fingerprint density at radius 1 is 0.792 bits per heavy atom. The number of carbonyl (C=O) groups excluding carboxylic acids is 2. The van der Waals surface area contributed by atoms with Crippen molar-refractivity contribution < 1.29 is 18.6 Å². The topological polar surface area (TPSA) is 43.4 Å². The van der Waals surface area contributed by atoms with E-state index in [-0.39, 0.29) is 11.0 Å². The van der Waals surface area contributed by atoms with Gasteiger partial charge in [0, 0.05) is 0 Å². The average Bonchev–Trinajstić information content (AvgIpc) is 2.51. The molecule has 0 saturated carbocycles. The number of nitrogens with zero attached hydrogens (tertiary/aromatic N) is 1. The molecule has 0 rings (SSSR count). The predicted octanol–water partition coefficient (Wildman–Crippen LogP) is 4.83. The number of hydrogen-bond acceptors (Lipinski definition) is 3. The molecule has 0 fully saturated rings. The van der Waals surface area contributed by atoms with Crippen LogP contribution in [-0.2, 0) is 14.1 Å². The normalized spacial score (nSPS) is 12.3. The average molecular weight is 362 g/mol. The molecule has 0 atom stereocenters. The molecule has 0 aromatic carbocycles. The molecule has 0 aliphatic rings. The van der Waals surface area contributed by atoms with Gasteiger partial charge >= 0.3 is 150 Å². The summed E-state index contributed by atoms with van der Waals surface area (Å²) in [4.78, 5) is 25.0. The molecule has 0 spiro atoms. The van der Waals surface area contributed by atoms with Crippen molar-refractivity contribution in [2.24, 2.45) is 0 Å². The molecule has 0 heterocycles. The molecule has 0 N–H and O–H groups in total. The SMILES string of the molecule is CCCCCCC(=O)[PH-](OCC[N+](C)(C)C)C(=O)CCCCCC. The van der Waals surface area contributed by atoms with E-state index in [0.717, 1.165) is 62.4 Å². The van der Waals surface area contributed by atoms with Gasteiger partial charge in [-0.15, -0.1) is 0 Å². The summed E-state index contributed by atoms with van der Waals surface area (Å²) in [5.74, 6) is 0. The molecule has 144 valence electrons. The summed E-state index contributed by atoms with van der Waals surface area (Å²) in [6, 6.07) is 0. The van der Waals surface area contributed by atoms with E-state index in [1.54, 1.807) is 0 Å². The summed E-state index contributed by atoms with van der Waals surface area (Å²) < 4.78 is 6.63. The first-order valence-corrected chi connectivity index (χ1v) is 11.1. The number of unbranched alkanes of at least 4 members (excludes halogenated alkanes) is 6. The third-order valence-electron chi connectivity index (χ3n) is 4.03. The maximum atomic E-state index is 12.5. The second-order valence-electron chi connectivity index (χ2n) is 7.66. The van der Waals surface area contributed by atoms with E-state index < -0.39 is 8.15 Å². The Balaban J connectivity index is 4.45. The van der Waals surface area contributed by atoms with Crippen molar-refractivity contribution in [2.75, 3.05) is 34.3 Å². The van der Waals surface area contributed by atoms with Gasteiger partial charge in [0.2, 0.25) is 0 Å². The van der Waals surface area contributed by atoms with Gasteiger partial charge in [-0.3, -0.25) is 0 Å². The van der Waals surface area contributed by atoms with Gasteiger partial charge < -0.3 is 0 Å². The van der Waals surface area contributed by atoms with Crippen LogP contribution in [0.25, 0.3) is 0 Å². The Hall–Kier alpha value is -0.310. The van der Waals surface area contributed by atoms with Crippen molar-refractivity contribution in [2.45, 2.75) is 78.1 Å². The van der Waals surface area contributed by atoms with Gasteiger partial charge in [-0.25, -0.2) is 0 Å². The van der Waals surface area contributed by atoms with Gasteiger partial charge in [-0.05, 0) is 0 Å². The zero-order valence-electron chi connectivity index (χ0n) is 16.7. The molecule has 0 aromatic heterocycles. The quantitative estimate of drug-likeness (QED) is 0.225. The van der Waals surface area contributed by atoms with E-state index in [9.17, 15) is 9.59 Å². The van der Waals surface area contributed by atoms with Crippen LogP contribution in [0.5, 0.6) is 0 Å². The fourth-order valence-corrected chi connectivity index (χ4v) is 4.13. The van der Waals surface area contributed by atoms with E-state index >= 15 is 0 Å². The van der Waals surface area contributed by atoms with Crippen LogP contribution < -0.4 is 0 Å². The van der Waals surface area contributed by atoms with Gasteiger partial charge in [-0.1, -0.05) is 0 Å². The first kappa shape index (κ1) is 23.7. The Morgan fingerprint density at radius 2 is 1.25 bits per heavy atom. The molecule has 4 nitrogen and oxygen atoms in total. The molecule has 0 aliphatic heterocycles. The second-order valence-corrected chi connectivity index (χ2v) is 9.72. The third-order valence-corrected chi connectivity index (χ3v) is 6.04. The molecular weight excluding hydrogens is 321 g/mol. The molecular formula is C19H40NO3P. The van der Waals surface area contributed by atoms with Gasteiger partial charge in [0.15, 0.2) is 0 Å². The molecule has 0 radical (unpaired) electrons. The van der Waals surface area contributed by atoms with E-state index in [1.165, 1.54) is 0 Å². The predicted molar refractivity (Wildman–Crippen MR) is 105 cm³/mol. The summed E-state index contributed by atoms with van der Waals surface area (Å²) in [7, 11) is 4.29. The molecule has 5 heteroatoms. The summed E-state index contributed by atoms with van der Waals surface area (Å²) in [6.45, 7) is 5.63. The standard InChI is InChI=1S/C19H40NO3P/c1-6-8-10-12-14-18(21)24(23-17-16-20(3,4)5)19(22)15-13-11-9-7-2/h24H,6-17H2,1-5H3. The first-order valence-electron chi connectivity index (χ1n) is 9.68. The van der Waals surface area contributed by atoms with Crippen molar-refractivity contribution in [3.05, 3.63) is 0 Å². The maximum absolute atomic E-state index is 12.5. The van der Waals surface area contributed by atoms with Crippen LogP contribution >= 0.6 is 8.15 Å². The summed E-state index contributed by atoms with van der Waals surface area (Å²) >= 11 is 0. The van der Waals surface area contributed by atoms with Crippen LogP contribution in [0, 0.1) is 0 Å². The fraction of sp³-hybridized carbons (Fsp3) is 0.895. The summed E-state index contributed by atoms with van der Waals surface area (Å²) in [5, 5.41) is 0. The number of carbonyl (C=O) groups is 2. The van der Waals surface area contributed by atoms with Crippen molar-refractivity contribution in [3.63, 3.8) is 0 Å².